The summed E-state index contributed by atoms with van der Waals surface area (Å²) in [7, 11) is 0. The van der Waals surface area contributed by atoms with Gasteiger partial charge in [0.15, 0.2) is 0 Å². The molecule has 0 aromatic heterocycles. The number of anilines is 1. The molecule has 0 saturated heterocycles. The van der Waals surface area contributed by atoms with Crippen LogP contribution in [-0.4, -0.2) is 24.2 Å². The van der Waals surface area contributed by atoms with Crippen LogP contribution in [0.4, 0.5) is 10.1 Å². The largest absolute Gasteiger partial charge is 0.389 e. The van der Waals surface area contributed by atoms with Crippen LogP contribution < -0.4 is 11.1 Å². The molecule has 94 valence electrons. The molecule has 0 aliphatic heterocycles. The second-order valence-electron chi connectivity index (χ2n) is 3.87. The average Bonchev–Trinajstić information content (AvgIpc) is 2.23. The molecule has 0 fully saturated rings. The van der Waals surface area contributed by atoms with Crippen molar-refractivity contribution >= 4 is 22.9 Å². The molecule has 1 aromatic carbocycles. The first kappa shape index (κ1) is 13.9. The minimum Gasteiger partial charge on any atom is -0.389 e. The van der Waals surface area contributed by atoms with E-state index in [0.29, 0.717) is 18.8 Å². The van der Waals surface area contributed by atoms with Crippen LogP contribution in [0.15, 0.2) is 18.2 Å². The van der Waals surface area contributed by atoms with Crippen molar-refractivity contribution in [3.05, 3.63) is 29.6 Å². The Morgan fingerprint density at radius 3 is 2.82 bits per heavy atom. The predicted octanol–water partition coefficient (Wildman–Crippen LogP) is 2.30. The van der Waals surface area contributed by atoms with Crippen LogP contribution in [-0.2, 0) is 4.74 Å². The number of hydrogen-bond acceptors (Lipinski definition) is 3. The van der Waals surface area contributed by atoms with Crippen LogP contribution in [0.5, 0.6) is 0 Å². The Bertz CT molecular complexity index is 396. The van der Waals surface area contributed by atoms with E-state index in [9.17, 15) is 4.39 Å². The molecule has 0 radical (unpaired) electrons. The summed E-state index contributed by atoms with van der Waals surface area (Å²) < 4.78 is 18.9. The highest BCUT2D eigenvalue weighted by Gasteiger charge is 2.10. The summed E-state index contributed by atoms with van der Waals surface area (Å²) in [4.78, 5) is 0.0513. The fourth-order valence-electron chi connectivity index (χ4n) is 1.40. The average molecular weight is 256 g/mol. The lowest BCUT2D eigenvalue weighted by molar-refractivity contribution is 0.0870. The summed E-state index contributed by atoms with van der Waals surface area (Å²) in [6, 6.07) is 4.69. The Hall–Kier alpha value is -1.20. The Kier molecular flexibility index (Phi) is 5.31. The number of rotatable bonds is 6. The highest BCUT2D eigenvalue weighted by Crippen LogP contribution is 2.18. The molecule has 0 saturated carbocycles. The lowest BCUT2D eigenvalue weighted by atomic mass is 10.1. The molecule has 0 aliphatic rings. The topological polar surface area (TPSA) is 47.3 Å². The summed E-state index contributed by atoms with van der Waals surface area (Å²) in [5.41, 5.74) is 6.35. The van der Waals surface area contributed by atoms with Gasteiger partial charge in [-0.3, -0.25) is 0 Å². The zero-order chi connectivity index (χ0) is 12.8. The van der Waals surface area contributed by atoms with Gasteiger partial charge < -0.3 is 15.8 Å². The van der Waals surface area contributed by atoms with Crippen molar-refractivity contribution in [3.63, 3.8) is 0 Å². The van der Waals surface area contributed by atoms with Crippen molar-refractivity contribution in [1.29, 1.82) is 0 Å². The van der Waals surface area contributed by atoms with Crippen molar-refractivity contribution in [3.8, 4) is 0 Å². The van der Waals surface area contributed by atoms with Crippen LogP contribution in [0.1, 0.15) is 19.4 Å². The first-order valence-electron chi connectivity index (χ1n) is 5.46. The lowest BCUT2D eigenvalue weighted by Crippen LogP contribution is -2.18. The van der Waals surface area contributed by atoms with E-state index in [4.69, 9.17) is 22.7 Å². The van der Waals surface area contributed by atoms with Gasteiger partial charge in [-0.15, -0.1) is 0 Å². The normalized spacial score (nSPS) is 10.6. The van der Waals surface area contributed by atoms with E-state index in [1.165, 1.54) is 6.07 Å². The van der Waals surface area contributed by atoms with E-state index in [2.05, 4.69) is 5.32 Å². The summed E-state index contributed by atoms with van der Waals surface area (Å²) in [5.74, 6) is -0.410. The van der Waals surface area contributed by atoms with Crippen molar-refractivity contribution < 1.29 is 9.13 Å². The number of nitrogens with two attached hydrogens (primary N) is 1. The third-order valence-electron chi connectivity index (χ3n) is 2.13. The SMILES string of the molecule is CC(C)OCCNc1cccc(F)c1C(N)=S. The van der Waals surface area contributed by atoms with Gasteiger partial charge in [-0.25, -0.2) is 4.39 Å². The quantitative estimate of drug-likeness (QED) is 0.605. The highest BCUT2D eigenvalue weighted by molar-refractivity contribution is 7.80. The molecule has 0 spiro atoms. The number of thiocarbonyl (C=S) groups is 1. The second kappa shape index (κ2) is 6.51. The molecule has 0 amide bonds. The van der Waals surface area contributed by atoms with E-state index < -0.39 is 5.82 Å². The zero-order valence-electron chi connectivity index (χ0n) is 10.00. The fraction of sp³-hybridized carbons (Fsp3) is 0.417. The van der Waals surface area contributed by atoms with Crippen LogP contribution in [0.25, 0.3) is 0 Å². The number of hydrogen-bond donors (Lipinski definition) is 2. The summed E-state index contributed by atoms with van der Waals surface area (Å²) in [6.45, 7) is 5.05. The third kappa shape index (κ3) is 4.28. The van der Waals surface area contributed by atoms with Crippen LogP contribution in [0, 0.1) is 5.82 Å². The smallest absolute Gasteiger partial charge is 0.135 e. The van der Waals surface area contributed by atoms with Gasteiger partial charge in [0.05, 0.1) is 18.3 Å². The van der Waals surface area contributed by atoms with Crippen molar-refractivity contribution in [2.24, 2.45) is 5.73 Å². The molecule has 0 atom stereocenters. The predicted molar refractivity (Wildman–Crippen MR) is 71.9 cm³/mol. The zero-order valence-corrected chi connectivity index (χ0v) is 10.8. The molecular weight excluding hydrogens is 239 g/mol. The van der Waals surface area contributed by atoms with E-state index >= 15 is 0 Å². The Labute approximate surface area is 106 Å². The Morgan fingerprint density at radius 1 is 1.53 bits per heavy atom. The van der Waals surface area contributed by atoms with Gasteiger partial charge in [0.2, 0.25) is 0 Å². The number of halogens is 1. The monoisotopic (exact) mass is 256 g/mol. The molecule has 1 rings (SSSR count). The lowest BCUT2D eigenvalue weighted by Gasteiger charge is -2.13. The maximum atomic E-state index is 13.5. The van der Waals surface area contributed by atoms with Gasteiger partial charge in [0, 0.05) is 12.2 Å². The van der Waals surface area contributed by atoms with Crippen LogP contribution in [0.3, 0.4) is 0 Å². The standard InChI is InChI=1S/C12H17FN2OS/c1-8(2)16-7-6-15-10-5-3-4-9(13)11(10)12(14)17/h3-5,8,15H,6-7H2,1-2H3,(H2,14,17). The molecular formula is C12H17FN2OS. The summed E-state index contributed by atoms with van der Waals surface area (Å²) in [5, 5.41) is 3.06. The third-order valence-corrected chi connectivity index (χ3v) is 2.33. The van der Waals surface area contributed by atoms with Gasteiger partial charge in [-0.2, -0.15) is 0 Å². The maximum absolute atomic E-state index is 13.5. The molecule has 3 N–H and O–H groups in total. The first-order valence-corrected chi connectivity index (χ1v) is 5.87. The number of benzene rings is 1. The molecule has 1 aromatic rings. The minimum atomic E-state index is -0.410. The molecule has 0 bridgehead atoms. The van der Waals surface area contributed by atoms with E-state index in [0.717, 1.165) is 0 Å². The highest BCUT2D eigenvalue weighted by atomic mass is 32.1. The van der Waals surface area contributed by atoms with Crippen LogP contribution in [0.2, 0.25) is 0 Å². The molecule has 3 nitrogen and oxygen atoms in total. The first-order chi connectivity index (χ1) is 8.02. The van der Waals surface area contributed by atoms with Gasteiger partial charge in [0.1, 0.15) is 10.8 Å². The molecule has 0 aliphatic carbocycles. The maximum Gasteiger partial charge on any atom is 0.135 e. The van der Waals surface area contributed by atoms with Gasteiger partial charge in [0.25, 0.3) is 0 Å². The van der Waals surface area contributed by atoms with E-state index in [1.807, 2.05) is 13.8 Å². The van der Waals surface area contributed by atoms with Gasteiger partial charge in [-0.1, -0.05) is 18.3 Å². The van der Waals surface area contributed by atoms with Gasteiger partial charge >= 0.3 is 0 Å². The summed E-state index contributed by atoms with van der Waals surface area (Å²) >= 11 is 4.82. The van der Waals surface area contributed by atoms with E-state index in [-0.39, 0.29) is 16.7 Å². The minimum absolute atomic E-state index is 0.0513. The summed E-state index contributed by atoms with van der Waals surface area (Å²) in [6.07, 6.45) is 0.180. The molecule has 0 unspecified atom stereocenters. The Balaban J connectivity index is 2.64. The van der Waals surface area contributed by atoms with Crippen LogP contribution >= 0.6 is 12.2 Å². The number of ether oxygens (including phenoxy) is 1. The number of nitrogens with one attached hydrogen (secondary N) is 1. The van der Waals surface area contributed by atoms with E-state index in [1.54, 1.807) is 12.1 Å². The molecule has 17 heavy (non-hydrogen) atoms. The van der Waals surface area contributed by atoms with Gasteiger partial charge in [-0.05, 0) is 26.0 Å². The van der Waals surface area contributed by atoms with Crippen molar-refractivity contribution in [1.82, 2.24) is 0 Å². The molecule has 0 heterocycles. The van der Waals surface area contributed by atoms with Crippen molar-refractivity contribution in [2.45, 2.75) is 20.0 Å². The Morgan fingerprint density at radius 2 is 2.24 bits per heavy atom. The fourth-order valence-corrected chi connectivity index (χ4v) is 1.61. The molecule has 5 heteroatoms. The second-order valence-corrected chi connectivity index (χ2v) is 4.31. The van der Waals surface area contributed by atoms with Crippen molar-refractivity contribution in [2.75, 3.05) is 18.5 Å².